The van der Waals surface area contributed by atoms with E-state index in [0.717, 1.165) is 59.7 Å². The Labute approximate surface area is 215 Å². The van der Waals surface area contributed by atoms with Gasteiger partial charge in [-0.15, -0.1) is 0 Å². The number of rotatable bonds is 11. The number of amidine groups is 1. The highest BCUT2D eigenvalue weighted by atomic mass is 19.1. The maximum atomic E-state index is 13.1. The summed E-state index contributed by atoms with van der Waals surface area (Å²) >= 11 is 0. The third kappa shape index (κ3) is 9.25. The zero-order chi connectivity index (χ0) is 26.3. The maximum Gasteiger partial charge on any atom is 0.141 e. The molecule has 0 unspecified atom stereocenters. The number of hydrogen-bond donors (Lipinski definition) is 1. The van der Waals surface area contributed by atoms with Crippen molar-refractivity contribution in [3.05, 3.63) is 89.4 Å². The van der Waals surface area contributed by atoms with E-state index in [2.05, 4.69) is 48.0 Å². The summed E-state index contributed by atoms with van der Waals surface area (Å²) in [5, 5.41) is 3.54. The lowest BCUT2D eigenvalue weighted by molar-refractivity contribution is 0.564. The molecule has 0 spiro atoms. The van der Waals surface area contributed by atoms with Gasteiger partial charge in [0.2, 0.25) is 0 Å². The van der Waals surface area contributed by atoms with E-state index >= 15 is 0 Å². The molecule has 2 heterocycles. The van der Waals surface area contributed by atoms with Crippen LogP contribution in [0.25, 0.3) is 11.3 Å². The van der Waals surface area contributed by atoms with Gasteiger partial charge in [0.25, 0.3) is 0 Å². The van der Waals surface area contributed by atoms with Gasteiger partial charge in [0.05, 0.1) is 31.0 Å². The minimum absolute atomic E-state index is 0.328. The summed E-state index contributed by atoms with van der Waals surface area (Å²) in [5.74, 6) is 1.02. The van der Waals surface area contributed by atoms with Crippen molar-refractivity contribution in [3.63, 3.8) is 0 Å². The second kappa shape index (κ2) is 15.5. The SMILES string of the molecule is C=N/C(C)=C(/CC(C)C)C(=NCc1ccoc1)NCCCc1ccc(-c2ccc(F)cn2)cc1.CC. The van der Waals surface area contributed by atoms with Crippen LogP contribution in [-0.4, -0.2) is 24.1 Å². The number of allylic oxidation sites excluding steroid dienone is 1. The molecule has 3 rings (SSSR count). The Morgan fingerprint density at radius 2 is 1.83 bits per heavy atom. The maximum absolute atomic E-state index is 13.1. The summed E-state index contributed by atoms with van der Waals surface area (Å²) in [7, 11) is 0. The van der Waals surface area contributed by atoms with Crippen molar-refractivity contribution in [1.29, 1.82) is 0 Å². The Morgan fingerprint density at radius 3 is 2.42 bits per heavy atom. The number of aromatic nitrogens is 1. The molecule has 0 aliphatic rings. The summed E-state index contributed by atoms with van der Waals surface area (Å²) in [6.07, 6.45) is 7.39. The molecule has 0 saturated carbocycles. The molecule has 6 heteroatoms. The summed E-state index contributed by atoms with van der Waals surface area (Å²) in [6.45, 7) is 15.4. The van der Waals surface area contributed by atoms with E-state index in [1.54, 1.807) is 18.6 Å². The Hall–Kier alpha value is -3.54. The van der Waals surface area contributed by atoms with Crippen molar-refractivity contribution in [1.82, 2.24) is 10.3 Å². The Bertz CT molecular complexity index is 1100. The first-order chi connectivity index (χ1) is 17.5. The van der Waals surface area contributed by atoms with Crippen LogP contribution in [0, 0.1) is 11.7 Å². The van der Waals surface area contributed by atoms with Crippen LogP contribution < -0.4 is 5.32 Å². The van der Waals surface area contributed by atoms with Crippen LogP contribution in [0.15, 0.2) is 86.9 Å². The first kappa shape index (κ1) is 28.7. The standard InChI is InChI=1S/C28H33FN4O.C2H6/c1-20(2)16-26(21(3)30-4)28(33-17-23-13-15-34-19-23)31-14-5-6-22-7-9-24(10-8-22)27-12-11-25(29)18-32-27;1-2/h7-13,15,18-20H,4-6,14,16-17H2,1-3H3,(H,31,33);1-2H3/b26-21-;. The van der Waals surface area contributed by atoms with Gasteiger partial charge in [-0.3, -0.25) is 15.0 Å². The molecule has 192 valence electrons. The lowest BCUT2D eigenvalue weighted by Crippen LogP contribution is -2.28. The Balaban J connectivity index is 0.00000222. The summed E-state index contributed by atoms with van der Waals surface area (Å²) in [4.78, 5) is 13.2. The fraction of sp³-hybridized carbons (Fsp3) is 0.367. The molecule has 0 aliphatic carbocycles. The van der Waals surface area contributed by atoms with E-state index in [9.17, 15) is 4.39 Å². The van der Waals surface area contributed by atoms with Crippen LogP contribution in [0.3, 0.4) is 0 Å². The number of hydrogen-bond acceptors (Lipinski definition) is 4. The van der Waals surface area contributed by atoms with E-state index in [0.29, 0.717) is 12.5 Å². The molecule has 0 fully saturated rings. The van der Waals surface area contributed by atoms with E-state index in [4.69, 9.17) is 9.41 Å². The Morgan fingerprint density at radius 1 is 1.08 bits per heavy atom. The van der Waals surface area contributed by atoms with Gasteiger partial charge in [0, 0.05) is 28.9 Å². The van der Waals surface area contributed by atoms with Crippen molar-refractivity contribution in [2.24, 2.45) is 15.9 Å². The van der Waals surface area contributed by atoms with Crippen LogP contribution >= 0.6 is 0 Å². The zero-order valence-electron chi connectivity index (χ0n) is 22.2. The number of furan rings is 1. The van der Waals surface area contributed by atoms with E-state index in [-0.39, 0.29) is 5.82 Å². The molecule has 3 aromatic rings. The van der Waals surface area contributed by atoms with Gasteiger partial charge < -0.3 is 9.73 Å². The van der Waals surface area contributed by atoms with Crippen molar-refractivity contribution in [3.8, 4) is 11.3 Å². The van der Waals surface area contributed by atoms with Gasteiger partial charge in [-0.2, -0.15) is 0 Å². The van der Waals surface area contributed by atoms with Gasteiger partial charge in [0.1, 0.15) is 11.7 Å². The summed E-state index contributed by atoms with van der Waals surface area (Å²) in [6, 6.07) is 13.3. The van der Waals surface area contributed by atoms with Gasteiger partial charge in [-0.1, -0.05) is 52.0 Å². The summed E-state index contributed by atoms with van der Waals surface area (Å²) in [5.41, 5.74) is 6.02. The van der Waals surface area contributed by atoms with E-state index < -0.39 is 0 Å². The number of aliphatic imine (C=N–C) groups is 2. The van der Waals surface area contributed by atoms with Crippen molar-refractivity contribution in [2.75, 3.05) is 6.54 Å². The fourth-order valence-corrected chi connectivity index (χ4v) is 3.62. The van der Waals surface area contributed by atoms with Crippen molar-refractivity contribution >= 4 is 12.6 Å². The molecule has 5 nitrogen and oxygen atoms in total. The quantitative estimate of drug-likeness (QED) is 0.171. The van der Waals surface area contributed by atoms with E-state index in [1.807, 2.05) is 39.0 Å². The molecule has 1 N–H and O–H groups in total. The highest BCUT2D eigenvalue weighted by Gasteiger charge is 2.13. The number of halogens is 1. The molecule has 0 bridgehead atoms. The predicted octanol–water partition coefficient (Wildman–Crippen LogP) is 7.65. The smallest absolute Gasteiger partial charge is 0.141 e. The number of aryl methyl sites for hydroxylation is 1. The average Bonchev–Trinajstić information content (AvgIpc) is 3.42. The third-order valence-electron chi connectivity index (χ3n) is 5.48. The van der Waals surface area contributed by atoms with Gasteiger partial charge in [-0.05, 0) is 62.6 Å². The lowest BCUT2D eigenvalue weighted by Gasteiger charge is -2.17. The van der Waals surface area contributed by atoms with Gasteiger partial charge in [0.15, 0.2) is 0 Å². The monoisotopic (exact) mass is 490 g/mol. The molecule has 0 saturated heterocycles. The fourth-order valence-electron chi connectivity index (χ4n) is 3.62. The normalized spacial score (nSPS) is 12.0. The molecular weight excluding hydrogens is 451 g/mol. The van der Waals surface area contributed by atoms with Gasteiger partial charge in [-0.25, -0.2) is 4.39 Å². The topological polar surface area (TPSA) is 62.8 Å². The highest BCUT2D eigenvalue weighted by Crippen LogP contribution is 2.19. The highest BCUT2D eigenvalue weighted by molar-refractivity contribution is 5.99. The van der Waals surface area contributed by atoms with Crippen molar-refractivity contribution in [2.45, 2.75) is 60.4 Å². The first-order valence-corrected chi connectivity index (χ1v) is 12.6. The zero-order valence-corrected chi connectivity index (χ0v) is 22.2. The molecule has 0 radical (unpaired) electrons. The average molecular weight is 491 g/mol. The first-order valence-electron chi connectivity index (χ1n) is 12.6. The molecular formula is C30H39FN4O. The number of pyridine rings is 1. The molecule has 0 amide bonds. The van der Waals surface area contributed by atoms with E-state index in [1.165, 1.54) is 17.8 Å². The lowest BCUT2D eigenvalue weighted by atomic mass is 10.00. The number of benzene rings is 1. The predicted molar refractivity (Wildman–Crippen MR) is 149 cm³/mol. The number of nitrogens with one attached hydrogen (secondary N) is 1. The largest absolute Gasteiger partial charge is 0.472 e. The molecule has 1 aromatic carbocycles. The second-order valence-electron chi connectivity index (χ2n) is 8.71. The van der Waals surface area contributed by atoms with Crippen molar-refractivity contribution < 1.29 is 8.81 Å². The molecule has 0 atom stereocenters. The minimum atomic E-state index is -0.328. The van der Waals surface area contributed by atoms with Gasteiger partial charge >= 0.3 is 0 Å². The second-order valence-corrected chi connectivity index (χ2v) is 8.71. The molecule has 2 aromatic heterocycles. The summed E-state index contributed by atoms with van der Waals surface area (Å²) < 4.78 is 18.3. The minimum Gasteiger partial charge on any atom is -0.472 e. The van der Waals surface area contributed by atoms with Crippen LogP contribution in [0.2, 0.25) is 0 Å². The Kier molecular flexibility index (Phi) is 12.3. The molecule has 0 aliphatic heterocycles. The number of nitrogens with zero attached hydrogens (tertiary/aromatic N) is 3. The van der Waals surface area contributed by atoms with Crippen LogP contribution in [0.4, 0.5) is 4.39 Å². The van der Waals surface area contributed by atoms with Crippen LogP contribution in [0.1, 0.15) is 58.6 Å². The molecule has 36 heavy (non-hydrogen) atoms. The van der Waals surface area contributed by atoms with Crippen LogP contribution in [0.5, 0.6) is 0 Å². The third-order valence-corrected chi connectivity index (χ3v) is 5.48. The van der Waals surface area contributed by atoms with Crippen LogP contribution in [-0.2, 0) is 13.0 Å².